The van der Waals surface area contributed by atoms with E-state index < -0.39 is 20.4 Å². The Bertz CT molecular complexity index is 40.2. The van der Waals surface area contributed by atoms with Gasteiger partial charge in [0.2, 0.25) is 0 Å². The fourth-order valence-corrected chi connectivity index (χ4v) is 3.64. The molecule has 0 fully saturated rings. The van der Waals surface area contributed by atoms with E-state index in [1.807, 2.05) is 0 Å². The molecule has 0 saturated heterocycles. The Balaban J connectivity index is 2.95. The number of hydrogen-bond donors (Lipinski definition) is 0. The van der Waals surface area contributed by atoms with Crippen LogP contribution >= 0.6 is 9.83 Å². The van der Waals surface area contributed by atoms with Gasteiger partial charge in [-0.25, -0.2) is 0 Å². The second kappa shape index (κ2) is 3.91. The average Bonchev–Trinajstić information content (AvgIpc) is 1.27. The van der Waals surface area contributed by atoms with Gasteiger partial charge in [0.25, 0.3) is 0 Å². The normalized spacial score (nSPS) is 18.9. The molecule has 0 radical (unpaired) electrons. The van der Waals surface area contributed by atoms with Crippen molar-refractivity contribution in [3.05, 3.63) is 0 Å². The predicted octanol–water partition coefficient (Wildman–Crippen LogP) is 0.307. The number of rotatable bonds is 2. The lowest BCUT2D eigenvalue weighted by molar-refractivity contribution is 0.612. The zero-order chi connectivity index (χ0) is 5.86. The molecule has 0 aliphatic rings. The van der Waals surface area contributed by atoms with Crippen molar-refractivity contribution in [2.45, 2.75) is 0 Å². The third-order valence-electron chi connectivity index (χ3n) is 0.192. The summed E-state index contributed by atoms with van der Waals surface area (Å²) in [4.78, 5) is 0. The largest absolute Gasteiger partial charge is 0.602 e. The first-order chi connectivity index (χ1) is 3.13. The zero-order valence-corrected chi connectivity index (χ0v) is 6.49. The van der Waals surface area contributed by atoms with Crippen LogP contribution in [-0.2, 0) is 20.4 Å². The zero-order valence-electron chi connectivity index (χ0n) is 4.04. The van der Waals surface area contributed by atoms with Crippen molar-refractivity contribution < 1.29 is 9.11 Å². The first-order valence-corrected chi connectivity index (χ1v) is 6.45. The van der Waals surface area contributed by atoms with E-state index in [-0.39, 0.29) is 0 Å². The smallest absolute Gasteiger partial charge is 0.339 e. The minimum absolute atomic E-state index is 0.954. The molecule has 0 aliphatic carbocycles. The molecule has 5 heteroatoms. The molecule has 2 atom stereocenters. The molecule has 0 saturated carbocycles. The van der Waals surface area contributed by atoms with E-state index in [0.717, 1.165) is 9.83 Å². The second-order valence-corrected chi connectivity index (χ2v) is 7.06. The van der Waals surface area contributed by atoms with E-state index in [2.05, 4.69) is 0 Å². The molecule has 0 aromatic heterocycles. The van der Waals surface area contributed by atoms with Crippen molar-refractivity contribution in [1.82, 2.24) is 0 Å². The van der Waals surface area contributed by atoms with Crippen LogP contribution in [0.5, 0.6) is 0 Å². The minimum atomic E-state index is -0.979. The maximum atomic E-state index is 10.1. The summed E-state index contributed by atoms with van der Waals surface area (Å²) in [7, 11) is -1.00. The Hall–Kier alpha value is 0.970. The molecule has 0 amide bonds. The van der Waals surface area contributed by atoms with Gasteiger partial charge >= 0.3 is 9.83 Å². The topological polar surface area (TPSA) is 46.1 Å². The molecule has 0 aliphatic heterocycles. The molecule has 0 rings (SSSR count). The molecule has 7 heavy (non-hydrogen) atoms. The lowest BCUT2D eigenvalue weighted by atomic mass is 12.0. The fourth-order valence-electron chi connectivity index (χ4n) is 0.135. The molecule has 0 bridgehead atoms. The summed E-state index contributed by atoms with van der Waals surface area (Å²) in [5.74, 6) is 0. The Labute approximate surface area is 52.2 Å². The van der Waals surface area contributed by atoms with Gasteiger partial charge in [-0.3, -0.25) is 0 Å². The maximum absolute atomic E-state index is 10.1. The van der Waals surface area contributed by atoms with Crippen LogP contribution in [0.2, 0.25) is 0 Å². The van der Waals surface area contributed by atoms with Gasteiger partial charge < -0.3 is 9.11 Å². The third kappa shape index (κ3) is 6.97. The van der Waals surface area contributed by atoms with Gasteiger partial charge in [0.1, 0.15) is 12.5 Å². The summed E-state index contributed by atoms with van der Waals surface area (Å²) in [6.07, 6.45) is 3.01. The maximum Gasteiger partial charge on any atom is 0.339 e. The van der Waals surface area contributed by atoms with E-state index in [4.69, 9.17) is 0 Å². The molecule has 2 unspecified atom stereocenters. The number of hydrogen-bond acceptors (Lipinski definition) is 3. The third-order valence-corrected chi connectivity index (χ3v) is 5.17. The summed E-state index contributed by atoms with van der Waals surface area (Å²) in [6.45, 7) is 0. The molecule has 0 N–H and O–H groups in total. The van der Waals surface area contributed by atoms with Crippen LogP contribution in [0, 0.1) is 0 Å². The van der Waals surface area contributed by atoms with Crippen molar-refractivity contribution >= 4 is 30.2 Å². The van der Waals surface area contributed by atoms with Gasteiger partial charge in [-0.1, -0.05) is 0 Å². The van der Waals surface area contributed by atoms with Crippen molar-refractivity contribution in [3.63, 3.8) is 0 Å². The molecular formula is C2H6O2S3. The summed E-state index contributed by atoms with van der Waals surface area (Å²) in [5, 5.41) is 0. The highest BCUT2D eigenvalue weighted by molar-refractivity contribution is 9.03. The SMILES string of the molecule is C[S+]([O-])S[S+](C)[O-]. The van der Waals surface area contributed by atoms with Crippen LogP contribution < -0.4 is 0 Å². The molecular weight excluding hydrogens is 152 g/mol. The Morgan fingerprint density at radius 1 is 1.14 bits per heavy atom. The quantitative estimate of drug-likeness (QED) is 0.429. The van der Waals surface area contributed by atoms with Crippen LogP contribution in [0.15, 0.2) is 0 Å². The Morgan fingerprint density at radius 3 is 1.43 bits per heavy atom. The van der Waals surface area contributed by atoms with E-state index in [1.54, 1.807) is 0 Å². The highest BCUT2D eigenvalue weighted by Crippen LogP contribution is 2.16. The van der Waals surface area contributed by atoms with Crippen LogP contribution in [0.1, 0.15) is 0 Å². The van der Waals surface area contributed by atoms with Gasteiger partial charge in [-0.05, 0) is 0 Å². The Morgan fingerprint density at radius 2 is 1.43 bits per heavy atom. The standard InChI is InChI=1S/C2H6O2S3/c1-6(3)5-7(2)4/h1-2H3. The summed E-state index contributed by atoms with van der Waals surface area (Å²) in [5.41, 5.74) is 0. The predicted molar refractivity (Wildman–Crippen MR) is 35.7 cm³/mol. The van der Waals surface area contributed by atoms with Crippen LogP contribution in [0.4, 0.5) is 0 Å². The highest BCUT2D eigenvalue weighted by Gasteiger charge is 2.09. The Kier molecular flexibility index (Phi) is 4.45. The lowest BCUT2D eigenvalue weighted by Crippen LogP contribution is -1.96. The van der Waals surface area contributed by atoms with E-state index in [1.165, 1.54) is 12.5 Å². The first kappa shape index (κ1) is 7.97. The highest BCUT2D eigenvalue weighted by atomic mass is 33.5. The summed E-state index contributed by atoms with van der Waals surface area (Å²) < 4.78 is 20.3. The second-order valence-electron chi connectivity index (χ2n) is 0.871. The molecule has 0 aromatic carbocycles. The van der Waals surface area contributed by atoms with Crippen LogP contribution in [-0.4, -0.2) is 21.6 Å². The molecule has 44 valence electrons. The van der Waals surface area contributed by atoms with Crippen molar-refractivity contribution in [1.29, 1.82) is 0 Å². The van der Waals surface area contributed by atoms with Crippen molar-refractivity contribution in [2.24, 2.45) is 0 Å². The molecule has 0 spiro atoms. The van der Waals surface area contributed by atoms with E-state index in [9.17, 15) is 9.11 Å². The van der Waals surface area contributed by atoms with Gasteiger partial charge in [0, 0.05) is 0 Å². The summed E-state index contributed by atoms with van der Waals surface area (Å²) >= 11 is 0. The van der Waals surface area contributed by atoms with E-state index in [0.29, 0.717) is 0 Å². The van der Waals surface area contributed by atoms with Gasteiger partial charge in [-0.15, -0.1) is 0 Å². The average molecular weight is 158 g/mol. The van der Waals surface area contributed by atoms with Crippen LogP contribution in [0.3, 0.4) is 0 Å². The van der Waals surface area contributed by atoms with Gasteiger partial charge in [0.05, 0.1) is 20.4 Å². The lowest BCUT2D eigenvalue weighted by Gasteiger charge is -1.99. The minimum Gasteiger partial charge on any atom is -0.602 e. The van der Waals surface area contributed by atoms with Crippen LogP contribution in [0.25, 0.3) is 0 Å². The van der Waals surface area contributed by atoms with Gasteiger partial charge in [-0.2, -0.15) is 0 Å². The van der Waals surface area contributed by atoms with E-state index >= 15 is 0 Å². The summed E-state index contributed by atoms with van der Waals surface area (Å²) in [6, 6.07) is 0. The molecule has 0 heterocycles. The van der Waals surface area contributed by atoms with Crippen molar-refractivity contribution in [3.8, 4) is 0 Å². The van der Waals surface area contributed by atoms with Gasteiger partial charge in [0.15, 0.2) is 0 Å². The molecule has 2 nitrogen and oxygen atoms in total. The molecule has 0 aromatic rings. The first-order valence-electron chi connectivity index (χ1n) is 1.48. The monoisotopic (exact) mass is 158 g/mol. The van der Waals surface area contributed by atoms with Crippen molar-refractivity contribution in [2.75, 3.05) is 12.5 Å². The fraction of sp³-hybridized carbons (Fsp3) is 1.00.